The van der Waals surface area contributed by atoms with Crippen LogP contribution in [0.1, 0.15) is 15.9 Å². The van der Waals surface area contributed by atoms with E-state index < -0.39 is 5.95 Å². The molecule has 2 rings (SSSR count). The number of hydrogen-bond acceptors (Lipinski definition) is 2. The second-order valence-corrected chi connectivity index (χ2v) is 4.67. The lowest BCUT2D eigenvalue weighted by Crippen LogP contribution is -2.14. The first-order valence-electron chi connectivity index (χ1n) is 5.26. The van der Waals surface area contributed by atoms with Crippen molar-refractivity contribution >= 4 is 27.7 Å². The highest BCUT2D eigenvalue weighted by molar-refractivity contribution is 9.10. The topological polar surface area (TPSA) is 42.0 Å². The number of anilines is 1. The second kappa shape index (κ2) is 5.27. The van der Waals surface area contributed by atoms with Crippen molar-refractivity contribution in [3.63, 3.8) is 0 Å². The molecule has 0 spiro atoms. The number of pyridine rings is 1. The molecule has 1 N–H and O–H groups in total. The van der Waals surface area contributed by atoms with E-state index in [9.17, 15) is 9.18 Å². The third kappa shape index (κ3) is 2.92. The lowest BCUT2D eigenvalue weighted by molar-refractivity contribution is 0.102. The average molecular weight is 309 g/mol. The summed E-state index contributed by atoms with van der Waals surface area (Å²) in [6.07, 6.45) is 0. The SMILES string of the molecule is Cc1ccc(Br)cc1C(=O)Nc1cccc(F)n1. The van der Waals surface area contributed by atoms with Crippen molar-refractivity contribution in [2.75, 3.05) is 5.32 Å². The van der Waals surface area contributed by atoms with Gasteiger partial charge in [-0.3, -0.25) is 4.79 Å². The Kier molecular flexibility index (Phi) is 3.72. The monoisotopic (exact) mass is 308 g/mol. The minimum absolute atomic E-state index is 0.194. The predicted octanol–water partition coefficient (Wildman–Crippen LogP) is 3.54. The minimum atomic E-state index is -0.626. The highest BCUT2D eigenvalue weighted by Crippen LogP contribution is 2.17. The summed E-state index contributed by atoms with van der Waals surface area (Å²) < 4.78 is 13.7. The molecule has 18 heavy (non-hydrogen) atoms. The van der Waals surface area contributed by atoms with Crippen LogP contribution in [0.5, 0.6) is 0 Å². The lowest BCUT2D eigenvalue weighted by Gasteiger charge is -2.07. The molecule has 0 bridgehead atoms. The summed E-state index contributed by atoms with van der Waals surface area (Å²) in [5.41, 5.74) is 1.36. The lowest BCUT2D eigenvalue weighted by atomic mass is 10.1. The summed E-state index contributed by atoms with van der Waals surface area (Å²) in [6, 6.07) is 9.65. The van der Waals surface area contributed by atoms with E-state index in [1.807, 2.05) is 19.1 Å². The summed E-state index contributed by atoms with van der Waals surface area (Å²) in [5, 5.41) is 2.56. The van der Waals surface area contributed by atoms with Crippen LogP contribution in [-0.2, 0) is 0 Å². The number of benzene rings is 1. The summed E-state index contributed by atoms with van der Waals surface area (Å²) >= 11 is 3.31. The Morgan fingerprint density at radius 1 is 1.33 bits per heavy atom. The van der Waals surface area contributed by atoms with Crippen molar-refractivity contribution in [1.29, 1.82) is 0 Å². The maximum absolute atomic E-state index is 12.9. The van der Waals surface area contributed by atoms with E-state index in [4.69, 9.17) is 0 Å². The Hall–Kier alpha value is -1.75. The summed E-state index contributed by atoms with van der Waals surface area (Å²) in [4.78, 5) is 15.6. The van der Waals surface area contributed by atoms with Gasteiger partial charge < -0.3 is 5.32 Å². The van der Waals surface area contributed by atoms with E-state index in [0.717, 1.165) is 10.0 Å². The quantitative estimate of drug-likeness (QED) is 0.862. The van der Waals surface area contributed by atoms with Crippen molar-refractivity contribution in [1.82, 2.24) is 4.98 Å². The summed E-state index contributed by atoms with van der Waals surface area (Å²) in [5.74, 6) is -0.745. The molecule has 0 radical (unpaired) electrons. The number of halogens is 2. The van der Waals surface area contributed by atoms with Crippen molar-refractivity contribution in [3.05, 3.63) is 57.9 Å². The Morgan fingerprint density at radius 3 is 2.83 bits per heavy atom. The Morgan fingerprint density at radius 2 is 2.11 bits per heavy atom. The van der Waals surface area contributed by atoms with Gasteiger partial charge in [-0.1, -0.05) is 28.1 Å². The molecule has 0 fully saturated rings. The van der Waals surface area contributed by atoms with Crippen LogP contribution in [0, 0.1) is 12.9 Å². The van der Waals surface area contributed by atoms with Crippen LogP contribution >= 0.6 is 15.9 Å². The molecular weight excluding hydrogens is 299 g/mol. The molecule has 0 saturated heterocycles. The molecule has 0 aliphatic heterocycles. The molecule has 1 amide bonds. The van der Waals surface area contributed by atoms with Gasteiger partial charge >= 0.3 is 0 Å². The van der Waals surface area contributed by atoms with Crippen LogP contribution in [0.15, 0.2) is 40.9 Å². The molecule has 0 aliphatic rings. The number of nitrogens with one attached hydrogen (secondary N) is 1. The Bertz CT molecular complexity index is 601. The van der Waals surface area contributed by atoms with Gasteiger partial charge in [0.05, 0.1) is 0 Å². The van der Waals surface area contributed by atoms with E-state index in [-0.39, 0.29) is 11.7 Å². The number of carbonyl (C=O) groups is 1. The van der Waals surface area contributed by atoms with Crippen molar-refractivity contribution in [2.45, 2.75) is 6.92 Å². The molecule has 0 saturated carbocycles. The van der Waals surface area contributed by atoms with Crippen molar-refractivity contribution in [3.8, 4) is 0 Å². The third-order valence-electron chi connectivity index (χ3n) is 2.40. The standard InChI is InChI=1S/C13H10BrFN2O/c1-8-5-6-9(14)7-10(8)13(18)17-12-4-2-3-11(15)16-12/h2-7H,1H3,(H,16,17,18). The van der Waals surface area contributed by atoms with Gasteiger partial charge in [-0.2, -0.15) is 4.39 Å². The summed E-state index contributed by atoms with van der Waals surface area (Å²) in [7, 11) is 0. The fourth-order valence-electron chi connectivity index (χ4n) is 1.50. The number of rotatable bonds is 2. The zero-order valence-electron chi connectivity index (χ0n) is 9.58. The molecule has 0 aliphatic carbocycles. The molecule has 1 aromatic carbocycles. The van der Waals surface area contributed by atoms with Gasteiger partial charge in [-0.25, -0.2) is 4.98 Å². The molecule has 1 heterocycles. The van der Waals surface area contributed by atoms with Gasteiger partial charge in [-0.15, -0.1) is 0 Å². The van der Waals surface area contributed by atoms with Crippen LogP contribution in [0.3, 0.4) is 0 Å². The van der Waals surface area contributed by atoms with Crippen LogP contribution in [0.25, 0.3) is 0 Å². The molecule has 92 valence electrons. The number of aromatic nitrogens is 1. The van der Waals surface area contributed by atoms with Crippen LogP contribution in [0.4, 0.5) is 10.2 Å². The fourth-order valence-corrected chi connectivity index (χ4v) is 1.86. The number of carbonyl (C=O) groups excluding carboxylic acids is 1. The van der Waals surface area contributed by atoms with Crippen LogP contribution in [-0.4, -0.2) is 10.9 Å². The number of nitrogens with zero attached hydrogens (tertiary/aromatic N) is 1. The second-order valence-electron chi connectivity index (χ2n) is 3.76. The highest BCUT2D eigenvalue weighted by Gasteiger charge is 2.10. The van der Waals surface area contributed by atoms with Gasteiger partial charge in [0.1, 0.15) is 5.82 Å². The smallest absolute Gasteiger partial charge is 0.257 e. The van der Waals surface area contributed by atoms with Gasteiger partial charge in [-0.05, 0) is 36.8 Å². The van der Waals surface area contributed by atoms with Gasteiger partial charge in [0.15, 0.2) is 0 Å². The average Bonchev–Trinajstić information content (AvgIpc) is 2.32. The van der Waals surface area contributed by atoms with E-state index in [2.05, 4.69) is 26.2 Å². The van der Waals surface area contributed by atoms with Crippen molar-refractivity contribution < 1.29 is 9.18 Å². The molecular formula is C13H10BrFN2O. The zero-order valence-corrected chi connectivity index (χ0v) is 11.2. The van der Waals surface area contributed by atoms with E-state index in [0.29, 0.717) is 5.56 Å². The molecule has 5 heteroatoms. The highest BCUT2D eigenvalue weighted by atomic mass is 79.9. The molecule has 0 atom stereocenters. The number of amides is 1. The van der Waals surface area contributed by atoms with Crippen molar-refractivity contribution in [2.24, 2.45) is 0 Å². The van der Waals surface area contributed by atoms with Crippen LogP contribution in [0.2, 0.25) is 0 Å². The maximum Gasteiger partial charge on any atom is 0.257 e. The minimum Gasteiger partial charge on any atom is -0.306 e. The molecule has 1 aromatic heterocycles. The zero-order chi connectivity index (χ0) is 13.1. The number of aryl methyl sites for hydroxylation is 1. The first-order chi connectivity index (χ1) is 8.56. The first kappa shape index (κ1) is 12.7. The van der Waals surface area contributed by atoms with Gasteiger partial charge in [0.25, 0.3) is 5.91 Å². The molecule has 3 nitrogen and oxygen atoms in total. The number of hydrogen-bond donors (Lipinski definition) is 1. The molecule has 0 unspecified atom stereocenters. The largest absolute Gasteiger partial charge is 0.306 e. The Labute approximate surface area is 112 Å². The fraction of sp³-hybridized carbons (Fsp3) is 0.0769. The first-order valence-corrected chi connectivity index (χ1v) is 6.05. The summed E-state index contributed by atoms with van der Waals surface area (Å²) in [6.45, 7) is 1.83. The third-order valence-corrected chi connectivity index (χ3v) is 2.89. The van der Waals surface area contributed by atoms with Gasteiger partial charge in [0, 0.05) is 10.0 Å². The molecule has 2 aromatic rings. The van der Waals surface area contributed by atoms with Gasteiger partial charge in [0.2, 0.25) is 5.95 Å². The maximum atomic E-state index is 12.9. The van der Waals surface area contributed by atoms with E-state index in [1.54, 1.807) is 6.07 Å². The normalized spacial score (nSPS) is 10.2. The van der Waals surface area contributed by atoms with E-state index >= 15 is 0 Å². The van der Waals surface area contributed by atoms with E-state index in [1.165, 1.54) is 18.2 Å². The Balaban J connectivity index is 2.24. The van der Waals surface area contributed by atoms with Crippen LogP contribution < -0.4 is 5.32 Å². The predicted molar refractivity (Wildman–Crippen MR) is 71.0 cm³/mol.